The van der Waals surface area contributed by atoms with Gasteiger partial charge in [-0.2, -0.15) is 0 Å². The summed E-state index contributed by atoms with van der Waals surface area (Å²) in [5.74, 6) is -14.0. The molecule has 0 unspecified atom stereocenters. The minimum Gasteiger partial charge on any atom is -0.481 e. The SMILES string of the molecule is CC[C@H](C)[C@H](NC(=O)[C@H](CC(=O)O)NC(=O)[C@H](CC(=O)O)NC(=O)[C@@H](N)CC(=O)O)C(=O)N[C@H](C(=O)N[C@@H](CCCN=C(N)N)C(=O)N[C@@H](CCCCN)C(=O)O)C(C)C. The van der Waals surface area contributed by atoms with Crippen LogP contribution in [0.25, 0.3) is 0 Å². The Bertz CT molecular complexity index is 1560. The van der Waals surface area contributed by atoms with Gasteiger partial charge >= 0.3 is 23.9 Å². The van der Waals surface area contributed by atoms with Gasteiger partial charge in [0.05, 0.1) is 25.3 Å². The number of hydrogen-bond donors (Lipinski definition) is 14. The molecule has 0 heterocycles. The van der Waals surface area contributed by atoms with Gasteiger partial charge in [-0.05, 0) is 50.5 Å². The number of carbonyl (C=O) groups is 10. The van der Waals surface area contributed by atoms with E-state index in [1.54, 1.807) is 27.7 Å². The molecule has 0 saturated heterocycles. The number of aliphatic carboxylic acids is 4. The molecule has 0 spiro atoms. The summed E-state index contributed by atoms with van der Waals surface area (Å²) in [6.07, 6.45) is -1.75. The van der Waals surface area contributed by atoms with Crippen LogP contribution in [0.3, 0.4) is 0 Å². The number of rotatable bonds is 30. The third kappa shape index (κ3) is 21.1. The van der Waals surface area contributed by atoms with Crippen molar-refractivity contribution < 1.29 is 68.4 Å². The summed E-state index contributed by atoms with van der Waals surface area (Å²) < 4.78 is 0. The van der Waals surface area contributed by atoms with E-state index in [1.165, 1.54) is 0 Å². The molecule has 6 amide bonds. The maximum atomic E-state index is 13.8. The van der Waals surface area contributed by atoms with Crippen LogP contribution in [0.4, 0.5) is 0 Å². The second-order valence-corrected chi connectivity index (χ2v) is 14.3. The number of amides is 6. The number of hydrogen-bond acceptors (Lipinski definition) is 13. The van der Waals surface area contributed by atoms with Gasteiger partial charge in [0.15, 0.2) is 5.96 Å². The van der Waals surface area contributed by atoms with Gasteiger partial charge in [0.2, 0.25) is 35.4 Å². The zero-order valence-electron chi connectivity index (χ0n) is 34.1. The Morgan fingerprint density at radius 1 is 0.550 bits per heavy atom. The van der Waals surface area contributed by atoms with Crippen molar-refractivity contribution in [1.82, 2.24) is 31.9 Å². The highest BCUT2D eigenvalue weighted by molar-refractivity contribution is 5.99. The normalized spacial score (nSPS) is 14.9. The van der Waals surface area contributed by atoms with Crippen LogP contribution in [0.15, 0.2) is 4.99 Å². The van der Waals surface area contributed by atoms with Crippen LogP contribution >= 0.6 is 0 Å². The van der Waals surface area contributed by atoms with Crippen LogP contribution in [0.5, 0.6) is 0 Å². The average molecular weight is 860 g/mol. The molecule has 0 aliphatic carbocycles. The monoisotopic (exact) mass is 859 g/mol. The number of carbonyl (C=O) groups excluding carboxylic acids is 6. The number of nitrogens with zero attached hydrogens (tertiary/aromatic N) is 1. The number of nitrogens with one attached hydrogen (secondary N) is 6. The standard InChI is InChI=1S/C35H61N11O14/c1-5-17(4)27(46-31(56)22(15-25(51)52)44-30(55)21(14-24(49)50)43-28(53)18(37)13-23(47)48)33(58)45-26(16(2)3)32(57)41-19(10-8-12-40-35(38)39)29(54)42-20(34(59)60)9-6-7-11-36/h16-22,26-27H,5-15,36-37H2,1-4H3,(H,41,57)(H,42,54)(H,43,53)(H,44,55)(H,45,58)(H,46,56)(H,47,48)(H,49,50)(H,51,52)(H,59,60)(H4,38,39,40)/t17-,18-,19-,20-,21-,22-,26-,27-/m0/s1. The lowest BCUT2D eigenvalue weighted by molar-refractivity contribution is -0.144. The Labute approximate surface area is 345 Å². The Hall–Kier alpha value is -6.11. The molecular formula is C35H61N11O14. The third-order valence-corrected chi connectivity index (χ3v) is 8.93. The molecule has 8 atom stereocenters. The molecular weight excluding hydrogens is 798 g/mol. The van der Waals surface area contributed by atoms with Gasteiger partial charge in [-0.3, -0.25) is 48.1 Å². The highest BCUT2D eigenvalue weighted by Crippen LogP contribution is 2.13. The van der Waals surface area contributed by atoms with Gasteiger partial charge in [0.1, 0.15) is 36.3 Å². The van der Waals surface area contributed by atoms with Crippen LogP contribution in [0.2, 0.25) is 0 Å². The van der Waals surface area contributed by atoms with E-state index in [2.05, 4.69) is 26.3 Å². The highest BCUT2D eigenvalue weighted by atomic mass is 16.4. The Kier molecular flexibility index (Phi) is 24.7. The zero-order valence-corrected chi connectivity index (χ0v) is 34.1. The highest BCUT2D eigenvalue weighted by Gasteiger charge is 2.37. The molecule has 60 heavy (non-hydrogen) atoms. The second kappa shape index (κ2) is 27.6. The Morgan fingerprint density at radius 3 is 1.45 bits per heavy atom. The van der Waals surface area contributed by atoms with E-state index in [4.69, 9.17) is 28.0 Å². The average Bonchev–Trinajstić information content (AvgIpc) is 3.14. The molecule has 25 heteroatoms. The first-order chi connectivity index (χ1) is 27.9. The Balaban J connectivity index is 6.41. The van der Waals surface area contributed by atoms with Crippen molar-refractivity contribution >= 4 is 65.3 Å². The largest absolute Gasteiger partial charge is 0.481 e. The second-order valence-electron chi connectivity index (χ2n) is 14.3. The lowest BCUT2D eigenvalue weighted by Crippen LogP contribution is -2.61. The van der Waals surface area contributed by atoms with Gasteiger partial charge in [-0.15, -0.1) is 0 Å². The van der Waals surface area contributed by atoms with E-state index >= 15 is 0 Å². The van der Waals surface area contributed by atoms with E-state index in [1.807, 2.05) is 10.6 Å². The van der Waals surface area contributed by atoms with Crippen LogP contribution in [-0.2, 0) is 47.9 Å². The van der Waals surface area contributed by atoms with Gasteiger partial charge < -0.3 is 75.3 Å². The molecule has 0 bridgehead atoms. The summed E-state index contributed by atoms with van der Waals surface area (Å²) in [7, 11) is 0. The Morgan fingerprint density at radius 2 is 0.983 bits per heavy atom. The molecule has 0 aromatic carbocycles. The summed E-state index contributed by atoms with van der Waals surface area (Å²) in [5, 5.41) is 51.3. The summed E-state index contributed by atoms with van der Waals surface area (Å²) in [5.41, 5.74) is 21.7. The van der Waals surface area contributed by atoms with E-state index in [0.29, 0.717) is 19.4 Å². The maximum Gasteiger partial charge on any atom is 0.326 e. The molecule has 0 fully saturated rings. The van der Waals surface area contributed by atoms with Crippen molar-refractivity contribution in [2.75, 3.05) is 13.1 Å². The molecule has 18 N–H and O–H groups in total. The quantitative estimate of drug-likeness (QED) is 0.0184. The van der Waals surface area contributed by atoms with Crippen molar-refractivity contribution in [3.05, 3.63) is 0 Å². The summed E-state index contributed by atoms with van der Waals surface area (Å²) >= 11 is 0. The molecule has 0 aromatic heterocycles. The van der Waals surface area contributed by atoms with Crippen LogP contribution in [0.1, 0.15) is 85.5 Å². The van der Waals surface area contributed by atoms with Gasteiger partial charge in [-0.1, -0.05) is 34.1 Å². The van der Waals surface area contributed by atoms with Crippen molar-refractivity contribution in [2.24, 2.45) is 39.8 Å². The predicted molar refractivity (Wildman–Crippen MR) is 211 cm³/mol. The minimum absolute atomic E-state index is 0.0557. The maximum absolute atomic E-state index is 13.8. The minimum atomic E-state index is -1.96. The van der Waals surface area contributed by atoms with Crippen LogP contribution in [0, 0.1) is 11.8 Å². The lowest BCUT2D eigenvalue weighted by atomic mass is 9.95. The smallest absolute Gasteiger partial charge is 0.326 e. The van der Waals surface area contributed by atoms with Crippen LogP contribution in [-0.4, -0.2) is 141 Å². The topological polar surface area (TPSA) is 440 Å². The fraction of sp³-hybridized carbons (Fsp3) is 0.686. The van der Waals surface area contributed by atoms with Crippen molar-refractivity contribution in [2.45, 2.75) is 128 Å². The molecule has 25 nitrogen and oxygen atoms in total. The number of nitrogens with two attached hydrogens (primary N) is 4. The third-order valence-electron chi connectivity index (χ3n) is 8.93. The summed E-state index contributed by atoms with van der Waals surface area (Å²) in [6.45, 7) is 6.68. The fourth-order valence-corrected chi connectivity index (χ4v) is 5.39. The fourth-order valence-electron chi connectivity index (χ4n) is 5.39. The van der Waals surface area contributed by atoms with Gasteiger partial charge in [-0.25, -0.2) is 4.79 Å². The first-order valence-electron chi connectivity index (χ1n) is 19.2. The molecule has 340 valence electrons. The zero-order chi connectivity index (χ0) is 46.3. The number of guanidine groups is 1. The molecule has 0 aromatic rings. The van der Waals surface area contributed by atoms with Gasteiger partial charge in [0, 0.05) is 6.54 Å². The summed E-state index contributed by atoms with van der Waals surface area (Å²) in [6, 6.07) is -11.1. The molecule has 0 aliphatic heterocycles. The van der Waals surface area contributed by atoms with Crippen molar-refractivity contribution in [1.29, 1.82) is 0 Å². The molecule has 0 rings (SSSR count). The number of carboxylic acids is 4. The molecule has 0 aliphatic rings. The van der Waals surface area contributed by atoms with E-state index in [9.17, 15) is 63.3 Å². The van der Waals surface area contributed by atoms with E-state index < -0.39 is 133 Å². The van der Waals surface area contributed by atoms with E-state index in [0.717, 1.165) is 0 Å². The number of aliphatic imine (C=N–C) groups is 1. The van der Waals surface area contributed by atoms with Crippen LogP contribution < -0.4 is 54.8 Å². The van der Waals surface area contributed by atoms with Crippen molar-refractivity contribution in [3.63, 3.8) is 0 Å². The summed E-state index contributed by atoms with van der Waals surface area (Å²) in [4.78, 5) is 130. The predicted octanol–water partition coefficient (Wildman–Crippen LogP) is -4.38. The number of carboxylic acid groups (broad SMARTS) is 4. The molecule has 0 saturated carbocycles. The number of unbranched alkanes of at least 4 members (excludes halogenated alkanes) is 1. The van der Waals surface area contributed by atoms with Crippen molar-refractivity contribution in [3.8, 4) is 0 Å². The molecule has 0 radical (unpaired) electrons. The van der Waals surface area contributed by atoms with Gasteiger partial charge in [0.25, 0.3) is 0 Å². The first kappa shape index (κ1) is 53.9. The van der Waals surface area contributed by atoms with E-state index in [-0.39, 0.29) is 38.2 Å². The first-order valence-corrected chi connectivity index (χ1v) is 19.2. The lowest BCUT2D eigenvalue weighted by Gasteiger charge is -2.30.